The first kappa shape index (κ1) is 26.8. The first-order valence-corrected chi connectivity index (χ1v) is 12.6. The third-order valence-corrected chi connectivity index (χ3v) is 7.52. The molecule has 1 fully saturated rings. The van der Waals surface area contributed by atoms with Crippen molar-refractivity contribution in [3.8, 4) is 17.2 Å². The number of carbonyl (C=O) groups excluding carboxylic acids is 1. The van der Waals surface area contributed by atoms with Crippen LogP contribution in [0.4, 0.5) is 0 Å². The van der Waals surface area contributed by atoms with Gasteiger partial charge in [0.1, 0.15) is 28.9 Å². The van der Waals surface area contributed by atoms with Crippen LogP contribution < -0.4 is 25.1 Å². The highest BCUT2D eigenvalue weighted by atomic mass is 35.5. The molecule has 5 rings (SSSR count). The summed E-state index contributed by atoms with van der Waals surface area (Å²) < 4.78 is 22.7. The Bertz CT molecular complexity index is 1610. The topological polar surface area (TPSA) is 145 Å². The van der Waals surface area contributed by atoms with E-state index in [2.05, 4.69) is 10.5 Å². The van der Waals surface area contributed by atoms with Gasteiger partial charge in [-0.1, -0.05) is 22.8 Å². The first-order chi connectivity index (χ1) is 18.7. The number of rotatable bonds is 7. The molecule has 39 heavy (non-hydrogen) atoms. The third-order valence-electron chi connectivity index (χ3n) is 7.20. The second kappa shape index (κ2) is 10.4. The van der Waals surface area contributed by atoms with E-state index in [0.717, 1.165) is 0 Å². The Morgan fingerprint density at radius 1 is 1.13 bits per heavy atom. The fraction of sp³-hybridized carbons (Fsp3) is 0.370. The Labute approximate surface area is 227 Å². The van der Waals surface area contributed by atoms with Gasteiger partial charge in [-0.05, 0) is 43.2 Å². The van der Waals surface area contributed by atoms with Gasteiger partial charge in [0, 0.05) is 5.39 Å². The number of ether oxygens (including phenoxy) is 3. The summed E-state index contributed by atoms with van der Waals surface area (Å²) in [6.07, 6.45) is -2.61. The fourth-order valence-electron chi connectivity index (χ4n) is 5.39. The van der Waals surface area contributed by atoms with Crippen molar-refractivity contribution in [2.75, 3.05) is 21.3 Å². The van der Waals surface area contributed by atoms with Crippen molar-refractivity contribution < 1.29 is 33.7 Å². The lowest BCUT2D eigenvalue weighted by atomic mass is 10.1. The van der Waals surface area contributed by atoms with Crippen LogP contribution in [0.2, 0.25) is 5.02 Å². The number of nitrogens with one attached hydrogen (secondary N) is 1. The maximum Gasteiger partial charge on any atom is 0.264 e. The Balaban J connectivity index is 1.45. The van der Waals surface area contributed by atoms with Crippen LogP contribution in [0.15, 0.2) is 39.6 Å². The molecule has 0 bridgehead atoms. The predicted octanol–water partition coefficient (Wildman–Crippen LogP) is 2.52. The molecule has 4 aromatic rings. The quantitative estimate of drug-likeness (QED) is 0.312. The van der Waals surface area contributed by atoms with Crippen LogP contribution >= 0.6 is 11.6 Å². The van der Waals surface area contributed by atoms with E-state index in [1.807, 2.05) is 0 Å². The number of halogens is 1. The van der Waals surface area contributed by atoms with Gasteiger partial charge in [0.25, 0.3) is 5.56 Å². The van der Waals surface area contributed by atoms with Crippen molar-refractivity contribution in [1.82, 2.24) is 15.0 Å². The molecule has 0 radical (unpaired) electrons. The molecule has 3 N–H and O–H groups in total. The number of amides is 1. The molecule has 1 aliphatic rings. The molecule has 4 unspecified atom stereocenters. The maximum atomic E-state index is 13.6. The number of carbonyl (C=O) groups is 1. The molecule has 12 heteroatoms. The lowest BCUT2D eigenvalue weighted by Crippen LogP contribution is -2.43. The SMILES string of the molecule is COc1cc(CC(=O)NC2CC(n3c(=O)c4c(C)onc4c4c(Cl)cccc43)C(O)C2O)cc(OC)c1OC. The molecule has 0 saturated heterocycles. The van der Waals surface area contributed by atoms with Crippen LogP contribution in [0.5, 0.6) is 17.2 Å². The molecule has 206 valence electrons. The van der Waals surface area contributed by atoms with Gasteiger partial charge in [0.15, 0.2) is 11.5 Å². The van der Waals surface area contributed by atoms with Crippen molar-refractivity contribution in [2.45, 2.75) is 44.1 Å². The second-order valence-corrected chi connectivity index (χ2v) is 9.85. The van der Waals surface area contributed by atoms with Crippen molar-refractivity contribution >= 4 is 39.3 Å². The molecule has 1 aliphatic carbocycles. The number of hydrogen-bond donors (Lipinski definition) is 3. The van der Waals surface area contributed by atoms with Gasteiger partial charge in [0.05, 0.1) is 50.4 Å². The number of nitrogens with zero attached hydrogens (tertiary/aromatic N) is 2. The zero-order valence-corrected chi connectivity index (χ0v) is 22.5. The molecule has 11 nitrogen and oxygen atoms in total. The van der Waals surface area contributed by atoms with Crippen LogP contribution in [-0.4, -0.2) is 65.4 Å². The molecule has 0 aliphatic heterocycles. The zero-order valence-electron chi connectivity index (χ0n) is 21.7. The molecular weight excluding hydrogens is 530 g/mol. The summed E-state index contributed by atoms with van der Waals surface area (Å²) in [6, 6.07) is 6.72. The highest BCUT2D eigenvalue weighted by Gasteiger charge is 2.44. The van der Waals surface area contributed by atoms with Crippen LogP contribution in [0, 0.1) is 6.92 Å². The summed E-state index contributed by atoms with van der Waals surface area (Å²) in [7, 11) is 4.45. The van der Waals surface area contributed by atoms with E-state index in [0.29, 0.717) is 50.0 Å². The maximum absolute atomic E-state index is 13.6. The number of aryl methyl sites for hydroxylation is 1. The monoisotopic (exact) mass is 557 g/mol. The summed E-state index contributed by atoms with van der Waals surface area (Å²) in [5.74, 6) is 1.13. The van der Waals surface area contributed by atoms with Gasteiger partial charge in [-0.15, -0.1) is 0 Å². The molecule has 4 atom stereocenters. The van der Waals surface area contributed by atoms with Gasteiger partial charge < -0.3 is 38.8 Å². The summed E-state index contributed by atoms with van der Waals surface area (Å²) in [5, 5.41) is 29.9. The number of hydrogen-bond acceptors (Lipinski definition) is 9. The van der Waals surface area contributed by atoms with E-state index in [1.165, 1.54) is 25.9 Å². The number of methoxy groups -OCH3 is 3. The molecule has 2 aromatic carbocycles. The summed E-state index contributed by atoms with van der Waals surface area (Å²) >= 11 is 6.49. The Morgan fingerprint density at radius 2 is 1.82 bits per heavy atom. The molecular formula is C27H28ClN3O8. The van der Waals surface area contributed by atoms with Crippen LogP contribution in [0.1, 0.15) is 23.8 Å². The van der Waals surface area contributed by atoms with Gasteiger partial charge in [-0.25, -0.2) is 0 Å². The van der Waals surface area contributed by atoms with Crippen LogP contribution in [-0.2, 0) is 11.2 Å². The van der Waals surface area contributed by atoms with Gasteiger partial charge in [-0.2, -0.15) is 0 Å². The molecule has 0 spiro atoms. The zero-order chi connectivity index (χ0) is 28.0. The first-order valence-electron chi connectivity index (χ1n) is 12.2. The average Bonchev–Trinajstić information content (AvgIpc) is 3.43. The number of pyridine rings is 1. The summed E-state index contributed by atoms with van der Waals surface area (Å²) in [6.45, 7) is 1.62. The predicted molar refractivity (Wildman–Crippen MR) is 143 cm³/mol. The standard InChI is InChI=1S/C27H28ClN3O8/c1-12-21-23(30-39-12)22-14(28)6-5-7-16(22)31(27(21)35)17-11-15(24(33)25(17)34)29-20(32)10-13-8-18(36-2)26(38-4)19(9-13)37-3/h5-9,15,17,24-25,33-34H,10-11H2,1-4H3,(H,29,32). The summed E-state index contributed by atoms with van der Waals surface area (Å²) in [5.41, 5.74) is 0.933. The number of aromatic nitrogens is 2. The Morgan fingerprint density at radius 3 is 2.46 bits per heavy atom. The average molecular weight is 558 g/mol. The molecule has 2 heterocycles. The Hall–Kier alpha value is -3.80. The van der Waals surface area contributed by atoms with E-state index in [1.54, 1.807) is 37.3 Å². The van der Waals surface area contributed by atoms with Gasteiger partial charge >= 0.3 is 0 Å². The largest absolute Gasteiger partial charge is 0.493 e. The number of benzene rings is 2. The van der Waals surface area contributed by atoms with Crippen molar-refractivity contribution in [3.05, 3.63) is 57.0 Å². The minimum Gasteiger partial charge on any atom is -0.493 e. The summed E-state index contributed by atoms with van der Waals surface area (Å²) in [4.78, 5) is 26.6. The lowest BCUT2D eigenvalue weighted by Gasteiger charge is -2.21. The normalized spacial score (nSPS) is 20.9. The highest BCUT2D eigenvalue weighted by Crippen LogP contribution is 2.39. The third kappa shape index (κ3) is 4.46. The van der Waals surface area contributed by atoms with E-state index >= 15 is 0 Å². The number of aliphatic hydroxyl groups excluding tert-OH is 2. The van der Waals surface area contributed by atoms with Crippen molar-refractivity contribution in [3.63, 3.8) is 0 Å². The lowest BCUT2D eigenvalue weighted by molar-refractivity contribution is -0.122. The minimum absolute atomic E-state index is 0.0506. The minimum atomic E-state index is -1.34. The van der Waals surface area contributed by atoms with Gasteiger partial charge in [0.2, 0.25) is 11.7 Å². The number of fused-ring (bicyclic) bond motifs is 3. The molecule has 2 aromatic heterocycles. The van der Waals surface area contributed by atoms with Crippen LogP contribution in [0.25, 0.3) is 21.8 Å². The fourth-order valence-corrected chi connectivity index (χ4v) is 5.65. The van der Waals surface area contributed by atoms with E-state index in [9.17, 15) is 19.8 Å². The second-order valence-electron chi connectivity index (χ2n) is 9.44. The molecule has 1 amide bonds. The van der Waals surface area contributed by atoms with E-state index < -0.39 is 35.8 Å². The van der Waals surface area contributed by atoms with Crippen LogP contribution in [0.3, 0.4) is 0 Å². The van der Waals surface area contributed by atoms with Gasteiger partial charge in [-0.3, -0.25) is 9.59 Å². The van der Waals surface area contributed by atoms with Crippen molar-refractivity contribution in [2.24, 2.45) is 0 Å². The van der Waals surface area contributed by atoms with E-state index in [4.69, 9.17) is 30.3 Å². The molecule has 1 saturated carbocycles. The van der Waals surface area contributed by atoms with Crippen molar-refractivity contribution in [1.29, 1.82) is 0 Å². The Kier molecular flexibility index (Phi) is 7.15. The highest BCUT2D eigenvalue weighted by molar-refractivity contribution is 6.37. The smallest absolute Gasteiger partial charge is 0.264 e. The van der Waals surface area contributed by atoms with E-state index in [-0.39, 0.29) is 18.2 Å². The number of aliphatic hydroxyl groups is 2.